The molecule has 0 aliphatic rings. The van der Waals surface area contributed by atoms with E-state index >= 15 is 0 Å². The predicted octanol–water partition coefficient (Wildman–Crippen LogP) is 3.95. The summed E-state index contributed by atoms with van der Waals surface area (Å²) in [5, 5.41) is 0. The van der Waals surface area contributed by atoms with Crippen LogP contribution in [0.3, 0.4) is 0 Å². The Bertz CT molecular complexity index is 107. The second-order valence-electron chi connectivity index (χ2n) is 3.92. The lowest BCUT2D eigenvalue weighted by Gasteiger charge is -2.12. The van der Waals surface area contributed by atoms with Crippen molar-refractivity contribution in [2.75, 3.05) is 33.4 Å². The van der Waals surface area contributed by atoms with E-state index in [1.54, 1.807) is 0 Å². The molecule has 0 aliphatic carbocycles. The molecule has 0 rings (SSSR count). The van der Waals surface area contributed by atoms with Gasteiger partial charge in [0.2, 0.25) is 0 Å². The van der Waals surface area contributed by atoms with Gasteiger partial charge in [0, 0.05) is 13.2 Å². The van der Waals surface area contributed by atoms with Crippen molar-refractivity contribution in [2.45, 2.75) is 59.8 Å². The number of hydrogen-bond acceptors (Lipinski definition) is 2. The predicted molar refractivity (Wildman–Crippen MR) is 74.1 cm³/mol. The van der Waals surface area contributed by atoms with Crippen LogP contribution in [0.25, 0.3) is 0 Å². The van der Waals surface area contributed by atoms with Crippen LogP contribution in [0.2, 0.25) is 0 Å². The molecular weight excluding hydrogens is 198 g/mol. The summed E-state index contributed by atoms with van der Waals surface area (Å²) in [4.78, 5) is 2.36. The zero-order valence-electron chi connectivity index (χ0n) is 12.2. The molecule has 2 nitrogen and oxygen atoms in total. The van der Waals surface area contributed by atoms with E-state index < -0.39 is 0 Å². The van der Waals surface area contributed by atoms with E-state index in [0.29, 0.717) is 0 Å². The lowest BCUT2D eigenvalue weighted by Crippen LogP contribution is -2.18. The minimum atomic E-state index is 0.950. The quantitative estimate of drug-likeness (QED) is 0.528. The summed E-state index contributed by atoms with van der Waals surface area (Å²) < 4.78 is 5.49. The number of nitrogens with zero attached hydrogens (tertiary/aromatic N) is 1. The molecule has 0 fully saturated rings. The summed E-state index contributed by atoms with van der Waals surface area (Å²) >= 11 is 0. The van der Waals surface area contributed by atoms with E-state index in [4.69, 9.17) is 4.74 Å². The summed E-state index contributed by atoms with van der Waals surface area (Å²) in [6.45, 7) is 12.7. The molecule has 0 bridgehead atoms. The van der Waals surface area contributed by atoms with E-state index in [1.165, 1.54) is 38.6 Å². The zero-order chi connectivity index (χ0) is 12.6. The molecule has 0 aromatic rings. The number of rotatable bonds is 10. The van der Waals surface area contributed by atoms with Crippen LogP contribution < -0.4 is 0 Å². The fourth-order valence-corrected chi connectivity index (χ4v) is 1.27. The van der Waals surface area contributed by atoms with E-state index in [9.17, 15) is 0 Å². The smallest absolute Gasteiger partial charge is 0.0466 e. The van der Waals surface area contributed by atoms with Crippen LogP contribution in [0.5, 0.6) is 0 Å². The van der Waals surface area contributed by atoms with Gasteiger partial charge in [-0.1, -0.05) is 34.1 Å². The first-order valence-electron chi connectivity index (χ1n) is 7.07. The van der Waals surface area contributed by atoms with E-state index in [-0.39, 0.29) is 0 Å². The third kappa shape index (κ3) is 16.4. The summed E-state index contributed by atoms with van der Waals surface area (Å²) in [6.07, 6.45) is 6.28. The molecule has 0 aromatic carbocycles. The molecule has 0 aliphatic heterocycles. The Morgan fingerprint density at radius 1 is 0.875 bits per heavy atom. The Morgan fingerprint density at radius 3 is 2.06 bits per heavy atom. The summed E-state index contributed by atoms with van der Waals surface area (Å²) in [7, 11) is 2.18. The van der Waals surface area contributed by atoms with E-state index in [0.717, 1.165) is 19.8 Å². The van der Waals surface area contributed by atoms with Crippen molar-refractivity contribution in [3.63, 3.8) is 0 Å². The first-order chi connectivity index (χ1) is 7.81. The molecule has 0 unspecified atom stereocenters. The number of ether oxygens (including phenoxy) is 1. The van der Waals surface area contributed by atoms with Crippen LogP contribution >= 0.6 is 0 Å². The first-order valence-corrected chi connectivity index (χ1v) is 7.07. The molecule has 2 heteroatoms. The zero-order valence-corrected chi connectivity index (χ0v) is 12.2. The van der Waals surface area contributed by atoms with Crippen LogP contribution in [0.15, 0.2) is 0 Å². The highest BCUT2D eigenvalue weighted by Crippen LogP contribution is 1.98. The standard InChI is InChI=1S/C12H27NO.C2H6/c1-4-6-11-14-12-9-7-8-10-13(3)5-2;1-2/h4-12H2,1-3H3;1-2H3. The van der Waals surface area contributed by atoms with Gasteiger partial charge in [0.05, 0.1) is 0 Å². The van der Waals surface area contributed by atoms with Crippen molar-refractivity contribution in [1.82, 2.24) is 4.90 Å². The molecule has 0 heterocycles. The summed E-state index contributed by atoms with van der Waals surface area (Å²) in [5.74, 6) is 0. The third-order valence-corrected chi connectivity index (χ3v) is 2.51. The van der Waals surface area contributed by atoms with Crippen LogP contribution in [0, 0.1) is 0 Å². The molecule has 0 saturated heterocycles. The van der Waals surface area contributed by atoms with Crippen LogP contribution in [0.1, 0.15) is 59.8 Å². The van der Waals surface area contributed by atoms with Gasteiger partial charge in [-0.15, -0.1) is 0 Å². The Balaban J connectivity index is 0. The number of hydrogen-bond donors (Lipinski definition) is 0. The van der Waals surface area contributed by atoms with Gasteiger partial charge >= 0.3 is 0 Å². The molecule has 0 spiro atoms. The van der Waals surface area contributed by atoms with Crippen LogP contribution in [-0.4, -0.2) is 38.3 Å². The third-order valence-electron chi connectivity index (χ3n) is 2.51. The second-order valence-corrected chi connectivity index (χ2v) is 3.92. The molecular formula is C14H33NO. The molecule has 0 amide bonds. The van der Waals surface area contributed by atoms with Gasteiger partial charge in [-0.2, -0.15) is 0 Å². The highest BCUT2D eigenvalue weighted by atomic mass is 16.5. The van der Waals surface area contributed by atoms with Gasteiger partial charge in [0.25, 0.3) is 0 Å². The van der Waals surface area contributed by atoms with E-state index in [1.807, 2.05) is 13.8 Å². The van der Waals surface area contributed by atoms with Crippen molar-refractivity contribution in [1.29, 1.82) is 0 Å². The lowest BCUT2D eigenvalue weighted by atomic mass is 10.2. The van der Waals surface area contributed by atoms with Crippen molar-refractivity contribution >= 4 is 0 Å². The number of unbranched alkanes of at least 4 members (excludes halogenated alkanes) is 3. The summed E-state index contributed by atoms with van der Waals surface area (Å²) in [5.41, 5.74) is 0. The fourth-order valence-electron chi connectivity index (χ4n) is 1.27. The molecule has 0 atom stereocenters. The minimum Gasteiger partial charge on any atom is -0.381 e. The van der Waals surface area contributed by atoms with Crippen molar-refractivity contribution in [3.05, 3.63) is 0 Å². The average Bonchev–Trinajstić information content (AvgIpc) is 2.34. The Kier molecular flexibility index (Phi) is 19.8. The average molecular weight is 231 g/mol. The Labute approximate surface area is 103 Å². The Hall–Kier alpha value is -0.0800. The fraction of sp³-hybridized carbons (Fsp3) is 1.00. The highest BCUT2D eigenvalue weighted by Gasteiger charge is 1.94. The summed E-state index contributed by atoms with van der Waals surface area (Å²) in [6, 6.07) is 0. The second kappa shape index (κ2) is 17.3. The van der Waals surface area contributed by atoms with Gasteiger partial charge in [-0.3, -0.25) is 0 Å². The van der Waals surface area contributed by atoms with Crippen LogP contribution in [0.4, 0.5) is 0 Å². The molecule has 16 heavy (non-hydrogen) atoms. The van der Waals surface area contributed by atoms with Crippen molar-refractivity contribution in [3.8, 4) is 0 Å². The molecule has 0 saturated carbocycles. The van der Waals surface area contributed by atoms with Gasteiger partial charge < -0.3 is 9.64 Å². The first kappa shape index (κ1) is 18.3. The lowest BCUT2D eigenvalue weighted by molar-refractivity contribution is 0.126. The maximum atomic E-state index is 5.49. The highest BCUT2D eigenvalue weighted by molar-refractivity contribution is 4.48. The van der Waals surface area contributed by atoms with Crippen molar-refractivity contribution < 1.29 is 4.74 Å². The van der Waals surface area contributed by atoms with Crippen molar-refractivity contribution in [2.24, 2.45) is 0 Å². The topological polar surface area (TPSA) is 12.5 Å². The van der Waals surface area contributed by atoms with Gasteiger partial charge in [-0.25, -0.2) is 0 Å². The largest absolute Gasteiger partial charge is 0.381 e. The SMILES string of the molecule is CC.CCCCOCCCCCN(C)CC. The maximum absolute atomic E-state index is 5.49. The molecule has 0 radical (unpaired) electrons. The van der Waals surface area contributed by atoms with Crippen LogP contribution in [-0.2, 0) is 4.74 Å². The maximum Gasteiger partial charge on any atom is 0.0466 e. The molecule has 0 N–H and O–H groups in total. The molecule has 100 valence electrons. The normalized spacial score (nSPS) is 10.1. The van der Waals surface area contributed by atoms with Gasteiger partial charge in [0.15, 0.2) is 0 Å². The van der Waals surface area contributed by atoms with Gasteiger partial charge in [0.1, 0.15) is 0 Å². The monoisotopic (exact) mass is 231 g/mol. The van der Waals surface area contributed by atoms with E-state index in [2.05, 4.69) is 25.8 Å². The Morgan fingerprint density at radius 2 is 1.50 bits per heavy atom. The molecule has 0 aromatic heterocycles. The van der Waals surface area contributed by atoms with Gasteiger partial charge in [-0.05, 0) is 45.8 Å². The minimum absolute atomic E-state index is 0.950.